The van der Waals surface area contributed by atoms with Gasteiger partial charge in [0.15, 0.2) is 12.1 Å². The van der Waals surface area contributed by atoms with E-state index >= 15 is 0 Å². The molecule has 7 rings (SSSR count). The third kappa shape index (κ3) is 4.44. The Morgan fingerprint density at radius 3 is 2.41 bits per heavy atom. The van der Waals surface area contributed by atoms with Crippen LogP contribution in [0.3, 0.4) is 0 Å². The third-order valence-corrected chi connectivity index (χ3v) is 8.25. The van der Waals surface area contributed by atoms with Crippen molar-refractivity contribution in [2.24, 2.45) is 15.4 Å². The van der Waals surface area contributed by atoms with Crippen molar-refractivity contribution in [1.82, 2.24) is 10.0 Å². The summed E-state index contributed by atoms with van der Waals surface area (Å²) in [6.07, 6.45) is 0.485. The lowest BCUT2D eigenvalue weighted by atomic mass is 9.95. The number of benzene rings is 4. The first-order chi connectivity index (χ1) is 21.5. The summed E-state index contributed by atoms with van der Waals surface area (Å²) in [4.78, 5) is 42.0. The van der Waals surface area contributed by atoms with E-state index in [0.29, 0.717) is 23.6 Å². The van der Waals surface area contributed by atoms with Crippen molar-refractivity contribution in [2.45, 2.75) is 24.5 Å². The van der Waals surface area contributed by atoms with Crippen LogP contribution in [0.15, 0.2) is 106 Å². The number of hydrogen-bond donors (Lipinski definition) is 0. The fraction of sp³-hybridized carbons (Fsp3) is 0.212. The standard InChI is InChI=1S/C33H28N6O5/c1-43-22-16-14-21(15-17-22)27-18-25(24-11-7-9-20-8-3-4-10-23(20)24)35-39(27)29(40)19-37-31-30(34-36-37)32(41)38(33(31)42)26-12-5-6-13-28(26)44-2/h3-17,27,30-31H,18-19H2,1-2H3. The zero-order valence-electron chi connectivity index (χ0n) is 24.0. The second-order valence-electron chi connectivity index (χ2n) is 10.7. The predicted octanol–water partition coefficient (Wildman–Crippen LogP) is 4.53. The van der Waals surface area contributed by atoms with Gasteiger partial charge in [-0.3, -0.25) is 19.4 Å². The molecule has 4 aromatic carbocycles. The molecule has 0 N–H and O–H groups in total. The minimum absolute atomic E-state index is 0.289. The topological polar surface area (TPSA) is 116 Å². The predicted molar refractivity (Wildman–Crippen MR) is 162 cm³/mol. The van der Waals surface area contributed by atoms with E-state index in [0.717, 1.165) is 32.5 Å². The zero-order valence-corrected chi connectivity index (χ0v) is 24.0. The summed E-state index contributed by atoms with van der Waals surface area (Å²) in [5, 5.41) is 17.9. The molecule has 3 aliphatic rings. The maximum Gasteiger partial charge on any atom is 0.264 e. The first-order valence-corrected chi connectivity index (χ1v) is 14.2. The molecule has 3 aliphatic heterocycles. The van der Waals surface area contributed by atoms with E-state index in [1.165, 1.54) is 17.1 Å². The van der Waals surface area contributed by atoms with E-state index < -0.39 is 29.9 Å². The van der Waals surface area contributed by atoms with Gasteiger partial charge in [0.25, 0.3) is 17.7 Å². The lowest BCUT2D eigenvalue weighted by Crippen LogP contribution is -2.44. The molecular formula is C33H28N6O5. The number of ether oxygens (including phenoxy) is 2. The maximum atomic E-state index is 14.0. The van der Waals surface area contributed by atoms with Crippen LogP contribution in [0, 0.1) is 0 Å². The monoisotopic (exact) mass is 588 g/mol. The SMILES string of the molecule is COc1ccc(C2CC(c3cccc4ccccc34)=NN2C(=O)CN2N=NC3C(=O)N(c4ccccc4OC)C(=O)C32)cc1. The minimum atomic E-state index is -1.05. The Hall–Kier alpha value is -5.58. The largest absolute Gasteiger partial charge is 0.497 e. The highest BCUT2D eigenvalue weighted by Gasteiger charge is 2.56. The van der Waals surface area contributed by atoms with Crippen LogP contribution in [0.5, 0.6) is 11.5 Å². The lowest BCUT2D eigenvalue weighted by Gasteiger charge is -2.25. The molecule has 0 radical (unpaired) electrons. The van der Waals surface area contributed by atoms with Gasteiger partial charge in [0.2, 0.25) is 0 Å². The maximum absolute atomic E-state index is 14.0. The molecule has 0 bridgehead atoms. The molecule has 1 fully saturated rings. The van der Waals surface area contributed by atoms with Gasteiger partial charge in [0.05, 0.1) is 31.7 Å². The molecule has 4 aromatic rings. The van der Waals surface area contributed by atoms with Crippen LogP contribution in [0.1, 0.15) is 23.6 Å². The van der Waals surface area contributed by atoms with Gasteiger partial charge in [0, 0.05) is 12.0 Å². The number of carbonyl (C=O) groups is 3. The van der Waals surface area contributed by atoms with Crippen LogP contribution in [0.25, 0.3) is 10.8 Å². The zero-order chi connectivity index (χ0) is 30.4. The van der Waals surface area contributed by atoms with Crippen LogP contribution in [0.2, 0.25) is 0 Å². The average molecular weight is 589 g/mol. The molecule has 3 unspecified atom stereocenters. The van der Waals surface area contributed by atoms with Crippen molar-refractivity contribution in [3.8, 4) is 11.5 Å². The lowest BCUT2D eigenvalue weighted by molar-refractivity contribution is -0.135. The van der Waals surface area contributed by atoms with Crippen molar-refractivity contribution in [3.05, 3.63) is 102 Å². The quantitative estimate of drug-likeness (QED) is 0.293. The molecule has 11 heteroatoms. The molecule has 3 atom stereocenters. The summed E-state index contributed by atoms with van der Waals surface area (Å²) in [6, 6.07) is 25.9. The average Bonchev–Trinajstić information content (AvgIpc) is 3.76. The minimum Gasteiger partial charge on any atom is -0.497 e. The molecule has 1 saturated heterocycles. The molecule has 0 aromatic heterocycles. The summed E-state index contributed by atoms with van der Waals surface area (Å²) in [6.45, 7) is -0.289. The summed E-state index contributed by atoms with van der Waals surface area (Å²) in [7, 11) is 3.07. The number of anilines is 1. The summed E-state index contributed by atoms with van der Waals surface area (Å²) in [5.74, 6) is -0.334. The Morgan fingerprint density at radius 1 is 0.864 bits per heavy atom. The Labute approximate surface area is 252 Å². The number of imide groups is 1. The Morgan fingerprint density at radius 2 is 1.61 bits per heavy atom. The van der Waals surface area contributed by atoms with Crippen LogP contribution >= 0.6 is 0 Å². The molecule has 44 heavy (non-hydrogen) atoms. The normalized spacial score (nSPS) is 20.8. The smallest absolute Gasteiger partial charge is 0.264 e. The van der Waals surface area contributed by atoms with Crippen LogP contribution in [0.4, 0.5) is 5.69 Å². The van der Waals surface area contributed by atoms with Gasteiger partial charge < -0.3 is 9.47 Å². The molecule has 0 saturated carbocycles. The summed E-state index contributed by atoms with van der Waals surface area (Å²) < 4.78 is 10.7. The summed E-state index contributed by atoms with van der Waals surface area (Å²) >= 11 is 0. The van der Waals surface area contributed by atoms with E-state index in [2.05, 4.69) is 10.3 Å². The highest BCUT2D eigenvalue weighted by atomic mass is 16.5. The Bertz CT molecular complexity index is 1850. The number of carbonyl (C=O) groups excluding carboxylic acids is 3. The molecule has 3 amide bonds. The number of hydrogen-bond acceptors (Lipinski definition) is 9. The number of hydrazone groups is 1. The van der Waals surface area contributed by atoms with Crippen molar-refractivity contribution in [1.29, 1.82) is 0 Å². The first-order valence-electron chi connectivity index (χ1n) is 14.2. The second kappa shape index (κ2) is 10.9. The van der Waals surface area contributed by atoms with Gasteiger partial charge in [0.1, 0.15) is 18.0 Å². The molecule has 3 heterocycles. The van der Waals surface area contributed by atoms with Crippen LogP contribution in [-0.4, -0.2) is 66.3 Å². The highest BCUT2D eigenvalue weighted by Crippen LogP contribution is 2.38. The van der Waals surface area contributed by atoms with Gasteiger partial charge in [-0.05, 0) is 40.6 Å². The van der Waals surface area contributed by atoms with E-state index in [4.69, 9.17) is 14.6 Å². The first kappa shape index (κ1) is 27.3. The van der Waals surface area contributed by atoms with E-state index in [-0.39, 0.29) is 12.5 Å². The fourth-order valence-corrected chi connectivity index (χ4v) is 6.08. The molecule has 0 spiro atoms. The fourth-order valence-electron chi connectivity index (χ4n) is 6.08. The number of rotatable bonds is 7. The second-order valence-corrected chi connectivity index (χ2v) is 10.7. The molecule has 11 nitrogen and oxygen atoms in total. The molecule has 220 valence electrons. The highest BCUT2D eigenvalue weighted by molar-refractivity contribution is 6.26. The van der Waals surface area contributed by atoms with Crippen molar-refractivity contribution < 1.29 is 23.9 Å². The van der Waals surface area contributed by atoms with Gasteiger partial charge >= 0.3 is 0 Å². The van der Waals surface area contributed by atoms with Crippen molar-refractivity contribution in [3.63, 3.8) is 0 Å². The van der Waals surface area contributed by atoms with Gasteiger partial charge in [-0.15, -0.1) is 0 Å². The summed E-state index contributed by atoms with van der Waals surface area (Å²) in [5.41, 5.74) is 2.92. The van der Waals surface area contributed by atoms with Gasteiger partial charge in [-0.1, -0.05) is 72.0 Å². The van der Waals surface area contributed by atoms with E-state index in [9.17, 15) is 14.4 Å². The Kier molecular flexibility index (Phi) is 6.77. The Balaban J connectivity index is 1.19. The molecular weight excluding hydrogens is 560 g/mol. The van der Waals surface area contributed by atoms with Crippen LogP contribution < -0.4 is 14.4 Å². The van der Waals surface area contributed by atoms with E-state index in [1.54, 1.807) is 31.4 Å². The van der Waals surface area contributed by atoms with Crippen LogP contribution in [-0.2, 0) is 14.4 Å². The van der Waals surface area contributed by atoms with E-state index in [1.807, 2.05) is 66.7 Å². The van der Waals surface area contributed by atoms with Gasteiger partial charge in [-0.25, -0.2) is 9.91 Å². The van der Waals surface area contributed by atoms with Crippen molar-refractivity contribution >= 4 is 39.9 Å². The number of methoxy groups -OCH3 is 2. The third-order valence-electron chi connectivity index (χ3n) is 8.25. The van der Waals surface area contributed by atoms with Gasteiger partial charge in [-0.2, -0.15) is 10.2 Å². The number of para-hydroxylation sites is 2. The number of fused-ring (bicyclic) bond motifs is 2. The molecule has 0 aliphatic carbocycles. The van der Waals surface area contributed by atoms with Crippen molar-refractivity contribution in [2.75, 3.05) is 25.7 Å². The number of amides is 3. The number of nitrogens with zero attached hydrogens (tertiary/aromatic N) is 6.